The van der Waals surface area contributed by atoms with Gasteiger partial charge in [-0.05, 0) is 25.2 Å². The summed E-state index contributed by atoms with van der Waals surface area (Å²) in [5, 5.41) is 8.94. The van der Waals surface area contributed by atoms with E-state index < -0.39 is 21.9 Å². The average molecular weight is 319 g/mol. The molecule has 7 heteroatoms. The molecule has 0 spiro atoms. The molecule has 1 heterocycles. The molecular weight excluding hydrogens is 294 g/mol. The Morgan fingerprint density at radius 1 is 1.33 bits per heavy atom. The Hall–Kier alpha value is -0.660. The second kappa shape index (κ2) is 7.07. The second-order valence-electron chi connectivity index (χ2n) is 6.31. The van der Waals surface area contributed by atoms with Crippen LogP contribution in [0.3, 0.4) is 0 Å². The number of rotatable bonds is 7. The summed E-state index contributed by atoms with van der Waals surface area (Å²) in [6.07, 6.45) is 5.24. The van der Waals surface area contributed by atoms with Crippen molar-refractivity contribution in [2.75, 3.05) is 25.4 Å². The molecule has 1 aliphatic carbocycles. The fourth-order valence-corrected chi connectivity index (χ4v) is 4.87. The van der Waals surface area contributed by atoms with Gasteiger partial charge in [-0.15, -0.1) is 0 Å². The molecule has 21 heavy (non-hydrogen) atoms. The molecule has 2 atom stereocenters. The summed E-state index contributed by atoms with van der Waals surface area (Å²) in [6.45, 7) is 2.75. The second-order valence-corrected chi connectivity index (χ2v) is 8.32. The van der Waals surface area contributed by atoms with Crippen molar-refractivity contribution < 1.29 is 23.1 Å². The SMILES string of the molecule is CC(COC1CCCC1)CS(=O)(=O)N1CCC(C(=O)O)C1. The quantitative estimate of drug-likeness (QED) is 0.765. The Bertz CT molecular complexity index is 458. The zero-order valence-electron chi connectivity index (χ0n) is 12.5. The van der Waals surface area contributed by atoms with Crippen molar-refractivity contribution in [3.8, 4) is 0 Å². The Labute approximate surface area is 126 Å². The fraction of sp³-hybridized carbons (Fsp3) is 0.929. The first-order valence-corrected chi connectivity index (χ1v) is 9.31. The van der Waals surface area contributed by atoms with Gasteiger partial charge in [0.25, 0.3) is 0 Å². The number of nitrogens with zero attached hydrogens (tertiary/aromatic N) is 1. The highest BCUT2D eigenvalue weighted by Crippen LogP contribution is 2.23. The molecule has 2 rings (SSSR count). The molecule has 2 fully saturated rings. The summed E-state index contributed by atoms with van der Waals surface area (Å²) in [5.74, 6) is -1.51. The maximum atomic E-state index is 12.3. The minimum absolute atomic E-state index is 0.0338. The van der Waals surface area contributed by atoms with Crippen molar-refractivity contribution in [2.24, 2.45) is 11.8 Å². The number of carboxylic acids is 1. The third-order valence-corrected chi connectivity index (χ3v) is 6.42. The van der Waals surface area contributed by atoms with E-state index in [9.17, 15) is 13.2 Å². The van der Waals surface area contributed by atoms with Crippen LogP contribution in [0.15, 0.2) is 0 Å². The fourth-order valence-electron chi connectivity index (χ4n) is 3.05. The van der Waals surface area contributed by atoms with Crippen LogP contribution in [0.2, 0.25) is 0 Å². The van der Waals surface area contributed by atoms with E-state index in [0.717, 1.165) is 12.8 Å². The van der Waals surface area contributed by atoms with Gasteiger partial charge in [-0.25, -0.2) is 12.7 Å². The number of aliphatic carboxylic acids is 1. The minimum atomic E-state index is -3.38. The van der Waals surface area contributed by atoms with Gasteiger partial charge in [-0.2, -0.15) is 0 Å². The highest BCUT2D eigenvalue weighted by atomic mass is 32.2. The Morgan fingerprint density at radius 2 is 2.00 bits per heavy atom. The maximum Gasteiger partial charge on any atom is 0.307 e. The van der Waals surface area contributed by atoms with Crippen molar-refractivity contribution >= 4 is 16.0 Å². The zero-order valence-corrected chi connectivity index (χ0v) is 13.3. The highest BCUT2D eigenvalue weighted by molar-refractivity contribution is 7.89. The van der Waals surface area contributed by atoms with Crippen molar-refractivity contribution in [3.63, 3.8) is 0 Å². The van der Waals surface area contributed by atoms with E-state index in [-0.39, 0.29) is 18.2 Å². The monoisotopic (exact) mass is 319 g/mol. The van der Waals surface area contributed by atoms with E-state index in [4.69, 9.17) is 9.84 Å². The van der Waals surface area contributed by atoms with Crippen LogP contribution in [-0.2, 0) is 19.6 Å². The summed E-state index contributed by atoms with van der Waals surface area (Å²) >= 11 is 0. The lowest BCUT2D eigenvalue weighted by Gasteiger charge is -2.20. The molecule has 0 aromatic carbocycles. The molecular formula is C14H25NO5S. The molecule has 122 valence electrons. The zero-order chi connectivity index (χ0) is 15.5. The Morgan fingerprint density at radius 3 is 2.57 bits per heavy atom. The summed E-state index contributed by atoms with van der Waals surface area (Å²) in [5.41, 5.74) is 0. The molecule has 1 saturated carbocycles. The van der Waals surface area contributed by atoms with Gasteiger partial charge in [0.1, 0.15) is 0 Å². The predicted molar refractivity (Wildman–Crippen MR) is 78.5 cm³/mol. The third-order valence-electron chi connectivity index (χ3n) is 4.31. The van der Waals surface area contributed by atoms with Crippen LogP contribution in [0.5, 0.6) is 0 Å². The van der Waals surface area contributed by atoms with E-state index in [0.29, 0.717) is 25.7 Å². The maximum absolute atomic E-state index is 12.3. The molecule has 0 aromatic heterocycles. The number of hydrogen-bond donors (Lipinski definition) is 1. The van der Waals surface area contributed by atoms with Crippen LogP contribution in [0, 0.1) is 11.8 Å². The molecule has 0 bridgehead atoms. The third kappa shape index (κ3) is 4.66. The molecule has 6 nitrogen and oxygen atoms in total. The van der Waals surface area contributed by atoms with Gasteiger partial charge in [0.05, 0.1) is 24.4 Å². The molecule has 2 aliphatic rings. The van der Waals surface area contributed by atoms with Crippen LogP contribution >= 0.6 is 0 Å². The average Bonchev–Trinajstić information content (AvgIpc) is 3.07. The van der Waals surface area contributed by atoms with E-state index >= 15 is 0 Å². The predicted octanol–water partition coefficient (Wildman–Crippen LogP) is 1.32. The van der Waals surface area contributed by atoms with E-state index in [1.165, 1.54) is 17.1 Å². The number of carbonyl (C=O) groups is 1. The van der Waals surface area contributed by atoms with Crippen LogP contribution in [-0.4, -0.2) is 55.4 Å². The lowest BCUT2D eigenvalue weighted by Crippen LogP contribution is -2.35. The number of sulfonamides is 1. The first-order valence-electron chi connectivity index (χ1n) is 7.70. The first kappa shape index (κ1) is 16.7. The van der Waals surface area contributed by atoms with Gasteiger partial charge < -0.3 is 9.84 Å². The first-order chi connectivity index (χ1) is 9.88. The van der Waals surface area contributed by atoms with Crippen molar-refractivity contribution in [1.82, 2.24) is 4.31 Å². The number of hydrogen-bond acceptors (Lipinski definition) is 4. The minimum Gasteiger partial charge on any atom is -0.481 e. The summed E-state index contributed by atoms with van der Waals surface area (Å²) in [6, 6.07) is 0. The number of carboxylic acid groups (broad SMARTS) is 1. The van der Waals surface area contributed by atoms with Crippen LogP contribution in [0.4, 0.5) is 0 Å². The van der Waals surface area contributed by atoms with Gasteiger partial charge in [0.2, 0.25) is 10.0 Å². The van der Waals surface area contributed by atoms with Crippen LogP contribution in [0.1, 0.15) is 39.0 Å². The standard InChI is InChI=1S/C14H25NO5S/c1-11(9-20-13-4-2-3-5-13)10-21(18,19)15-7-6-12(8-15)14(16)17/h11-13H,2-10H2,1H3,(H,16,17). The van der Waals surface area contributed by atoms with Gasteiger partial charge >= 0.3 is 5.97 Å². The van der Waals surface area contributed by atoms with Gasteiger partial charge in [0.15, 0.2) is 0 Å². The number of ether oxygens (including phenoxy) is 1. The van der Waals surface area contributed by atoms with E-state index in [2.05, 4.69) is 0 Å². The lowest BCUT2D eigenvalue weighted by atomic mass is 10.1. The van der Waals surface area contributed by atoms with Crippen molar-refractivity contribution in [2.45, 2.75) is 45.1 Å². The Kier molecular flexibility index (Phi) is 5.62. The van der Waals surface area contributed by atoms with E-state index in [1.54, 1.807) is 0 Å². The molecule has 0 amide bonds. The molecule has 1 saturated heterocycles. The molecule has 2 unspecified atom stereocenters. The van der Waals surface area contributed by atoms with Crippen LogP contribution < -0.4 is 0 Å². The normalized spacial score (nSPS) is 26.2. The summed E-state index contributed by atoms with van der Waals surface area (Å²) in [4.78, 5) is 10.9. The molecule has 0 aromatic rings. The van der Waals surface area contributed by atoms with E-state index in [1.807, 2.05) is 6.92 Å². The Balaban J connectivity index is 1.78. The van der Waals surface area contributed by atoms with Crippen molar-refractivity contribution in [3.05, 3.63) is 0 Å². The largest absolute Gasteiger partial charge is 0.481 e. The van der Waals surface area contributed by atoms with Crippen LogP contribution in [0.25, 0.3) is 0 Å². The van der Waals surface area contributed by atoms with Gasteiger partial charge in [-0.1, -0.05) is 19.8 Å². The summed E-state index contributed by atoms with van der Waals surface area (Å²) < 4.78 is 31.6. The molecule has 1 aliphatic heterocycles. The molecule has 0 radical (unpaired) electrons. The highest BCUT2D eigenvalue weighted by Gasteiger charge is 2.35. The van der Waals surface area contributed by atoms with Gasteiger partial charge in [0, 0.05) is 13.1 Å². The smallest absolute Gasteiger partial charge is 0.307 e. The topological polar surface area (TPSA) is 83.9 Å². The van der Waals surface area contributed by atoms with Gasteiger partial charge in [-0.3, -0.25) is 4.79 Å². The van der Waals surface area contributed by atoms with Crippen molar-refractivity contribution in [1.29, 1.82) is 0 Å². The summed E-state index contributed by atoms with van der Waals surface area (Å²) in [7, 11) is -3.38. The lowest BCUT2D eigenvalue weighted by molar-refractivity contribution is -0.141. The molecule has 1 N–H and O–H groups in total.